The van der Waals surface area contributed by atoms with Gasteiger partial charge in [-0.15, -0.1) is 0 Å². The number of carbonyl (C=O) groups excluding carboxylic acids is 1. The molecular weight excluding hydrogens is 176 g/mol. The summed E-state index contributed by atoms with van der Waals surface area (Å²) in [5.74, 6) is 0.155. The highest BCUT2D eigenvalue weighted by atomic mass is 16.2. The van der Waals surface area contributed by atoms with Crippen LogP contribution in [-0.2, 0) is 4.79 Å². The molecular formula is C11H20N2O. The molecule has 80 valence electrons. The van der Waals surface area contributed by atoms with Crippen LogP contribution in [-0.4, -0.2) is 29.9 Å². The van der Waals surface area contributed by atoms with Crippen molar-refractivity contribution in [2.24, 2.45) is 5.73 Å². The molecule has 1 fully saturated rings. The second-order valence-electron chi connectivity index (χ2n) is 3.95. The average Bonchev–Trinajstić information content (AvgIpc) is 2.17. The molecule has 0 radical (unpaired) electrons. The molecule has 1 aliphatic rings. The van der Waals surface area contributed by atoms with Crippen LogP contribution in [0.4, 0.5) is 0 Å². The molecule has 0 bridgehead atoms. The van der Waals surface area contributed by atoms with Gasteiger partial charge in [-0.05, 0) is 26.2 Å². The first-order valence-electron chi connectivity index (χ1n) is 5.36. The van der Waals surface area contributed by atoms with Crippen molar-refractivity contribution in [2.75, 3.05) is 13.1 Å². The van der Waals surface area contributed by atoms with Crippen LogP contribution in [0, 0.1) is 0 Å². The van der Waals surface area contributed by atoms with E-state index in [1.54, 1.807) is 0 Å². The van der Waals surface area contributed by atoms with Gasteiger partial charge in [-0.1, -0.05) is 13.0 Å². The quantitative estimate of drug-likeness (QED) is 0.676. The van der Waals surface area contributed by atoms with Crippen LogP contribution in [0.1, 0.15) is 33.1 Å². The number of nitrogens with zero attached hydrogens (tertiary/aromatic N) is 1. The van der Waals surface area contributed by atoms with Gasteiger partial charge in [0.25, 0.3) is 0 Å². The van der Waals surface area contributed by atoms with Gasteiger partial charge in [0.1, 0.15) is 0 Å². The number of rotatable bonds is 2. The van der Waals surface area contributed by atoms with Crippen LogP contribution in [0.3, 0.4) is 0 Å². The van der Waals surface area contributed by atoms with Crippen molar-refractivity contribution in [1.29, 1.82) is 0 Å². The average molecular weight is 196 g/mol. The summed E-state index contributed by atoms with van der Waals surface area (Å²) in [5, 5.41) is 0. The molecule has 0 aliphatic carbocycles. The molecule has 0 unspecified atom stereocenters. The Bertz CT molecular complexity index is 235. The third kappa shape index (κ3) is 2.84. The van der Waals surface area contributed by atoms with E-state index in [9.17, 15) is 4.79 Å². The van der Waals surface area contributed by atoms with Crippen molar-refractivity contribution in [1.82, 2.24) is 4.90 Å². The molecule has 1 atom stereocenters. The van der Waals surface area contributed by atoms with E-state index in [1.807, 2.05) is 24.8 Å². The Morgan fingerprint density at radius 1 is 1.64 bits per heavy atom. The maximum Gasteiger partial charge on any atom is 0.249 e. The number of likely N-dealkylation sites (tertiary alicyclic amines) is 1. The van der Waals surface area contributed by atoms with E-state index < -0.39 is 0 Å². The molecule has 3 heteroatoms. The maximum absolute atomic E-state index is 11.8. The molecule has 1 rings (SSSR count). The van der Waals surface area contributed by atoms with Gasteiger partial charge < -0.3 is 10.6 Å². The Morgan fingerprint density at radius 2 is 2.36 bits per heavy atom. The van der Waals surface area contributed by atoms with Crippen molar-refractivity contribution >= 4 is 5.91 Å². The third-order valence-electron chi connectivity index (χ3n) is 2.59. The number of piperidine rings is 1. The van der Waals surface area contributed by atoms with Crippen LogP contribution in [0.25, 0.3) is 0 Å². The smallest absolute Gasteiger partial charge is 0.249 e. The number of nitrogens with two attached hydrogens (primary N) is 1. The van der Waals surface area contributed by atoms with Gasteiger partial charge in [0.15, 0.2) is 0 Å². The molecule has 0 aromatic heterocycles. The Kier molecular flexibility index (Phi) is 4.14. The van der Waals surface area contributed by atoms with Gasteiger partial charge in [-0.3, -0.25) is 4.79 Å². The van der Waals surface area contributed by atoms with Crippen LogP contribution >= 0.6 is 0 Å². The Hall–Kier alpha value is -0.830. The predicted molar refractivity (Wildman–Crippen MR) is 57.8 cm³/mol. The molecule has 1 aliphatic heterocycles. The summed E-state index contributed by atoms with van der Waals surface area (Å²) < 4.78 is 0. The molecule has 14 heavy (non-hydrogen) atoms. The van der Waals surface area contributed by atoms with Crippen LogP contribution in [0.2, 0.25) is 0 Å². The van der Waals surface area contributed by atoms with Gasteiger partial charge in [0, 0.05) is 24.7 Å². The Morgan fingerprint density at radius 3 is 2.93 bits per heavy atom. The lowest BCUT2D eigenvalue weighted by Gasteiger charge is -2.31. The molecule has 0 saturated carbocycles. The van der Waals surface area contributed by atoms with Crippen molar-refractivity contribution in [3.63, 3.8) is 0 Å². The molecule has 2 N–H and O–H groups in total. The summed E-state index contributed by atoms with van der Waals surface area (Å²) in [6.07, 6.45) is 4.96. The summed E-state index contributed by atoms with van der Waals surface area (Å²) in [5.41, 5.74) is 6.67. The van der Waals surface area contributed by atoms with E-state index in [-0.39, 0.29) is 11.9 Å². The highest BCUT2D eigenvalue weighted by Gasteiger charge is 2.21. The van der Waals surface area contributed by atoms with E-state index in [2.05, 4.69) is 0 Å². The monoisotopic (exact) mass is 196 g/mol. The molecule has 1 heterocycles. The number of hydrogen-bond acceptors (Lipinski definition) is 2. The zero-order chi connectivity index (χ0) is 10.6. The zero-order valence-corrected chi connectivity index (χ0v) is 9.12. The first-order chi connectivity index (χ1) is 6.65. The predicted octanol–water partition coefficient (Wildman–Crippen LogP) is 1.29. The summed E-state index contributed by atoms with van der Waals surface area (Å²) >= 11 is 0. The van der Waals surface area contributed by atoms with Crippen molar-refractivity contribution < 1.29 is 4.79 Å². The van der Waals surface area contributed by atoms with E-state index >= 15 is 0 Å². The van der Waals surface area contributed by atoms with E-state index in [4.69, 9.17) is 5.73 Å². The van der Waals surface area contributed by atoms with Gasteiger partial charge >= 0.3 is 0 Å². The number of hydrogen-bond donors (Lipinski definition) is 1. The molecule has 0 aromatic rings. The molecule has 0 spiro atoms. The third-order valence-corrected chi connectivity index (χ3v) is 2.59. The van der Waals surface area contributed by atoms with Crippen molar-refractivity contribution in [3.8, 4) is 0 Å². The molecule has 3 nitrogen and oxygen atoms in total. The SMILES string of the molecule is CC/C=C(/C)C(=O)N1CCC[C@@H](N)C1. The minimum absolute atomic E-state index is 0.155. The van der Waals surface area contributed by atoms with Crippen molar-refractivity contribution in [2.45, 2.75) is 39.2 Å². The Balaban J connectivity index is 2.55. The first kappa shape index (κ1) is 11.2. The van der Waals surface area contributed by atoms with Crippen LogP contribution < -0.4 is 5.73 Å². The van der Waals surface area contributed by atoms with Gasteiger partial charge in [-0.2, -0.15) is 0 Å². The summed E-state index contributed by atoms with van der Waals surface area (Å²) in [4.78, 5) is 13.7. The second kappa shape index (κ2) is 5.15. The van der Waals surface area contributed by atoms with Gasteiger partial charge in [0.05, 0.1) is 0 Å². The molecule has 1 amide bonds. The number of allylic oxidation sites excluding steroid dienone is 1. The minimum Gasteiger partial charge on any atom is -0.337 e. The fraction of sp³-hybridized carbons (Fsp3) is 0.727. The molecule has 0 aromatic carbocycles. The summed E-state index contributed by atoms with van der Waals surface area (Å²) in [6.45, 7) is 5.50. The largest absolute Gasteiger partial charge is 0.337 e. The van der Waals surface area contributed by atoms with Gasteiger partial charge in [0.2, 0.25) is 5.91 Å². The highest BCUT2D eigenvalue weighted by molar-refractivity contribution is 5.92. The fourth-order valence-electron chi connectivity index (χ4n) is 1.84. The second-order valence-corrected chi connectivity index (χ2v) is 3.95. The zero-order valence-electron chi connectivity index (χ0n) is 9.12. The first-order valence-corrected chi connectivity index (χ1v) is 5.36. The molecule has 1 saturated heterocycles. The van der Waals surface area contributed by atoms with E-state index in [1.165, 1.54) is 0 Å². The summed E-state index contributed by atoms with van der Waals surface area (Å²) in [7, 11) is 0. The lowest BCUT2D eigenvalue weighted by Crippen LogP contribution is -2.45. The van der Waals surface area contributed by atoms with E-state index in [0.717, 1.165) is 31.4 Å². The maximum atomic E-state index is 11.8. The topological polar surface area (TPSA) is 46.3 Å². The lowest BCUT2D eigenvalue weighted by molar-refractivity contribution is -0.128. The van der Waals surface area contributed by atoms with Crippen LogP contribution in [0.15, 0.2) is 11.6 Å². The fourth-order valence-corrected chi connectivity index (χ4v) is 1.84. The lowest BCUT2D eigenvalue weighted by atomic mass is 10.1. The van der Waals surface area contributed by atoms with Crippen LogP contribution in [0.5, 0.6) is 0 Å². The van der Waals surface area contributed by atoms with Gasteiger partial charge in [-0.25, -0.2) is 0 Å². The van der Waals surface area contributed by atoms with Crippen molar-refractivity contribution in [3.05, 3.63) is 11.6 Å². The number of carbonyl (C=O) groups is 1. The highest BCUT2D eigenvalue weighted by Crippen LogP contribution is 2.11. The van der Waals surface area contributed by atoms with E-state index in [0.29, 0.717) is 6.54 Å². The normalized spacial score (nSPS) is 23.8. The standard InChI is InChI=1S/C11H20N2O/c1-3-5-9(2)11(14)13-7-4-6-10(12)8-13/h5,10H,3-4,6-8,12H2,1-2H3/b9-5-/t10-/m1/s1. The minimum atomic E-state index is 0.155. The Labute approximate surface area is 86.0 Å². The number of amides is 1. The summed E-state index contributed by atoms with van der Waals surface area (Å²) in [6, 6.07) is 0.169.